The maximum atomic E-state index is 12.5. The van der Waals surface area contributed by atoms with Crippen LogP contribution in [-0.4, -0.2) is 34.5 Å². The Morgan fingerprint density at radius 2 is 2.14 bits per heavy atom. The molecular weight excluding hydrogens is 290 g/mol. The van der Waals surface area contributed by atoms with Gasteiger partial charge in [-0.05, 0) is 43.4 Å². The summed E-state index contributed by atoms with van der Waals surface area (Å²) in [5, 5.41) is 9.44. The molecule has 1 heterocycles. The molecule has 1 unspecified atom stereocenters. The molecule has 5 heteroatoms. The first-order valence-electron chi connectivity index (χ1n) is 7.32. The van der Waals surface area contributed by atoms with Gasteiger partial charge in [-0.3, -0.25) is 9.59 Å². The minimum atomic E-state index is -0.803. The molecule has 2 rings (SSSR count). The van der Waals surface area contributed by atoms with Gasteiger partial charge in [-0.15, -0.1) is 0 Å². The van der Waals surface area contributed by atoms with Crippen molar-refractivity contribution in [2.75, 3.05) is 6.54 Å². The van der Waals surface area contributed by atoms with E-state index in [0.29, 0.717) is 17.9 Å². The van der Waals surface area contributed by atoms with Crippen molar-refractivity contribution in [2.24, 2.45) is 0 Å². The molecule has 1 aromatic carbocycles. The smallest absolute Gasteiger partial charge is 0.303 e. The van der Waals surface area contributed by atoms with Gasteiger partial charge in [-0.2, -0.15) is 0 Å². The van der Waals surface area contributed by atoms with Crippen LogP contribution in [0.25, 0.3) is 0 Å². The van der Waals surface area contributed by atoms with Gasteiger partial charge in [-0.25, -0.2) is 0 Å². The highest BCUT2D eigenvalue weighted by Crippen LogP contribution is 2.22. The van der Waals surface area contributed by atoms with E-state index in [1.54, 1.807) is 12.1 Å². The molecule has 0 aromatic heterocycles. The van der Waals surface area contributed by atoms with E-state index >= 15 is 0 Å². The van der Waals surface area contributed by atoms with Crippen molar-refractivity contribution in [3.63, 3.8) is 0 Å². The molecule has 114 valence electrons. The molecule has 1 saturated heterocycles. The molecule has 1 amide bonds. The van der Waals surface area contributed by atoms with Crippen molar-refractivity contribution in [3.8, 4) is 0 Å². The van der Waals surface area contributed by atoms with Crippen LogP contribution < -0.4 is 0 Å². The lowest BCUT2D eigenvalue weighted by atomic mass is 9.97. The minimum absolute atomic E-state index is 0.0570. The maximum Gasteiger partial charge on any atom is 0.303 e. The number of carbonyl (C=O) groups is 2. The zero-order chi connectivity index (χ0) is 15.2. The minimum Gasteiger partial charge on any atom is -0.481 e. The van der Waals surface area contributed by atoms with E-state index in [0.717, 1.165) is 31.4 Å². The van der Waals surface area contributed by atoms with Crippen LogP contribution in [0.1, 0.15) is 37.7 Å². The number of halogens is 1. The Hall–Kier alpha value is -1.55. The van der Waals surface area contributed by atoms with Gasteiger partial charge in [-0.1, -0.05) is 23.7 Å². The van der Waals surface area contributed by atoms with E-state index in [-0.39, 0.29) is 18.4 Å². The monoisotopic (exact) mass is 309 g/mol. The number of piperidine rings is 1. The summed E-state index contributed by atoms with van der Waals surface area (Å²) in [6, 6.07) is 7.37. The van der Waals surface area contributed by atoms with Crippen LogP contribution in [0, 0.1) is 0 Å². The predicted molar refractivity (Wildman–Crippen MR) is 81.4 cm³/mol. The van der Waals surface area contributed by atoms with Crippen LogP contribution >= 0.6 is 11.6 Å². The molecule has 21 heavy (non-hydrogen) atoms. The fourth-order valence-electron chi connectivity index (χ4n) is 2.84. The van der Waals surface area contributed by atoms with Crippen LogP contribution in [0.5, 0.6) is 0 Å². The van der Waals surface area contributed by atoms with Gasteiger partial charge in [0.25, 0.3) is 0 Å². The number of hydrogen-bond donors (Lipinski definition) is 1. The highest BCUT2D eigenvalue weighted by molar-refractivity contribution is 6.30. The summed E-state index contributed by atoms with van der Waals surface area (Å²) in [4.78, 5) is 25.1. The molecule has 0 saturated carbocycles. The van der Waals surface area contributed by atoms with Crippen LogP contribution in [0.2, 0.25) is 5.02 Å². The van der Waals surface area contributed by atoms with Crippen LogP contribution in [-0.2, 0) is 16.0 Å². The van der Waals surface area contributed by atoms with E-state index in [9.17, 15) is 9.59 Å². The second-order valence-corrected chi connectivity index (χ2v) is 5.91. The Balaban J connectivity index is 1.99. The second-order valence-electron chi connectivity index (χ2n) is 5.48. The molecule has 0 bridgehead atoms. The number of amides is 1. The van der Waals surface area contributed by atoms with E-state index in [1.807, 2.05) is 17.0 Å². The Labute approximate surface area is 129 Å². The summed E-state index contributed by atoms with van der Waals surface area (Å²) in [6.07, 6.45) is 3.93. The summed E-state index contributed by atoms with van der Waals surface area (Å²) < 4.78 is 0. The SMILES string of the molecule is O=C(O)CCC1CCCCN1C(=O)Cc1cccc(Cl)c1. The van der Waals surface area contributed by atoms with Crippen LogP contribution in [0.4, 0.5) is 0 Å². The molecule has 0 aliphatic carbocycles. The number of benzene rings is 1. The van der Waals surface area contributed by atoms with Crippen molar-refractivity contribution in [1.29, 1.82) is 0 Å². The largest absolute Gasteiger partial charge is 0.481 e. The number of aliphatic carboxylic acids is 1. The molecule has 1 aliphatic heterocycles. The molecule has 1 N–H and O–H groups in total. The van der Waals surface area contributed by atoms with Gasteiger partial charge in [0.15, 0.2) is 0 Å². The first-order chi connectivity index (χ1) is 10.1. The third-order valence-corrected chi connectivity index (χ3v) is 4.12. The van der Waals surface area contributed by atoms with Crippen molar-refractivity contribution in [2.45, 2.75) is 44.6 Å². The van der Waals surface area contributed by atoms with E-state index < -0.39 is 5.97 Å². The van der Waals surface area contributed by atoms with E-state index in [4.69, 9.17) is 16.7 Å². The van der Waals surface area contributed by atoms with Crippen molar-refractivity contribution < 1.29 is 14.7 Å². The van der Waals surface area contributed by atoms with Gasteiger partial charge < -0.3 is 10.0 Å². The fraction of sp³-hybridized carbons (Fsp3) is 0.500. The lowest BCUT2D eigenvalue weighted by molar-refractivity contribution is -0.139. The second kappa shape index (κ2) is 7.46. The highest BCUT2D eigenvalue weighted by atomic mass is 35.5. The Bertz CT molecular complexity index is 518. The Kier molecular flexibility index (Phi) is 5.62. The maximum absolute atomic E-state index is 12.5. The predicted octanol–water partition coefficient (Wildman–Crippen LogP) is 3.13. The van der Waals surface area contributed by atoms with E-state index in [1.165, 1.54) is 0 Å². The average molecular weight is 310 g/mol. The summed E-state index contributed by atoms with van der Waals surface area (Å²) in [5.74, 6) is -0.741. The number of hydrogen-bond acceptors (Lipinski definition) is 2. The summed E-state index contributed by atoms with van der Waals surface area (Å²) in [5.41, 5.74) is 0.898. The molecule has 0 spiro atoms. The zero-order valence-electron chi connectivity index (χ0n) is 11.9. The standard InChI is InChI=1S/C16H20ClNO3/c17-13-5-3-4-12(10-13)11-15(19)18-9-2-1-6-14(18)7-8-16(20)21/h3-5,10,14H,1-2,6-9,11H2,(H,20,21). The van der Waals surface area contributed by atoms with Crippen molar-refractivity contribution in [1.82, 2.24) is 4.90 Å². The summed E-state index contributed by atoms with van der Waals surface area (Å²) >= 11 is 5.94. The number of nitrogens with zero attached hydrogens (tertiary/aromatic N) is 1. The Morgan fingerprint density at radius 1 is 1.33 bits per heavy atom. The molecular formula is C16H20ClNO3. The van der Waals surface area contributed by atoms with Gasteiger partial charge in [0.1, 0.15) is 0 Å². The molecule has 4 nitrogen and oxygen atoms in total. The summed E-state index contributed by atoms with van der Waals surface area (Å²) in [6.45, 7) is 0.726. The quantitative estimate of drug-likeness (QED) is 0.909. The molecule has 1 fully saturated rings. The molecule has 1 aromatic rings. The van der Waals surface area contributed by atoms with Gasteiger partial charge in [0.05, 0.1) is 6.42 Å². The first kappa shape index (κ1) is 15.8. The van der Waals surface area contributed by atoms with Crippen molar-refractivity contribution in [3.05, 3.63) is 34.9 Å². The first-order valence-corrected chi connectivity index (χ1v) is 7.70. The molecule has 0 radical (unpaired) electrons. The third kappa shape index (κ3) is 4.74. The summed E-state index contributed by atoms with van der Waals surface area (Å²) in [7, 11) is 0. The normalized spacial score (nSPS) is 18.5. The fourth-order valence-corrected chi connectivity index (χ4v) is 3.06. The third-order valence-electron chi connectivity index (χ3n) is 3.88. The highest BCUT2D eigenvalue weighted by Gasteiger charge is 2.26. The number of carbonyl (C=O) groups excluding carboxylic acids is 1. The average Bonchev–Trinajstić information content (AvgIpc) is 2.45. The van der Waals surface area contributed by atoms with Gasteiger partial charge >= 0.3 is 5.97 Å². The lowest BCUT2D eigenvalue weighted by Gasteiger charge is -2.35. The molecule has 1 aliphatic rings. The number of carboxylic acid groups (broad SMARTS) is 1. The van der Waals surface area contributed by atoms with Crippen LogP contribution in [0.3, 0.4) is 0 Å². The molecule has 1 atom stereocenters. The lowest BCUT2D eigenvalue weighted by Crippen LogP contribution is -2.44. The van der Waals surface area contributed by atoms with Crippen molar-refractivity contribution >= 4 is 23.5 Å². The zero-order valence-corrected chi connectivity index (χ0v) is 12.7. The number of rotatable bonds is 5. The number of carboxylic acids is 1. The van der Waals surface area contributed by atoms with E-state index in [2.05, 4.69) is 0 Å². The number of likely N-dealkylation sites (tertiary alicyclic amines) is 1. The van der Waals surface area contributed by atoms with Crippen LogP contribution in [0.15, 0.2) is 24.3 Å². The van der Waals surface area contributed by atoms with Gasteiger partial charge in [0.2, 0.25) is 5.91 Å². The topological polar surface area (TPSA) is 57.6 Å². The van der Waals surface area contributed by atoms with Gasteiger partial charge in [0, 0.05) is 24.0 Å². The Morgan fingerprint density at radius 3 is 2.86 bits per heavy atom.